The Morgan fingerprint density at radius 1 is 1.24 bits per heavy atom. The van der Waals surface area contributed by atoms with Crippen molar-refractivity contribution in [1.29, 1.82) is 0 Å². The number of likely N-dealkylation sites (N-methyl/N-ethyl adjacent to an activating group) is 1. The normalized spacial score (nSPS) is 22.9. The summed E-state index contributed by atoms with van der Waals surface area (Å²) in [6.07, 6.45) is 0. The van der Waals surface area contributed by atoms with E-state index in [1.54, 1.807) is 12.1 Å². The molecule has 1 heterocycles. The highest BCUT2D eigenvalue weighted by Gasteiger charge is 2.40. The van der Waals surface area contributed by atoms with Gasteiger partial charge in [-0.25, -0.2) is 4.39 Å². The lowest BCUT2D eigenvalue weighted by Gasteiger charge is -2.30. The Morgan fingerprint density at radius 2 is 1.81 bits per heavy atom. The van der Waals surface area contributed by atoms with Crippen LogP contribution in [-0.2, 0) is 10.2 Å². The van der Waals surface area contributed by atoms with Crippen molar-refractivity contribution < 1.29 is 9.18 Å². The van der Waals surface area contributed by atoms with Crippen LogP contribution in [0.1, 0.15) is 26.3 Å². The van der Waals surface area contributed by atoms with Crippen LogP contribution in [0.2, 0.25) is 0 Å². The first kappa shape index (κ1) is 16.0. The van der Waals surface area contributed by atoms with Crippen molar-refractivity contribution in [3.05, 3.63) is 35.6 Å². The molecule has 0 aromatic heterocycles. The summed E-state index contributed by atoms with van der Waals surface area (Å²) < 4.78 is 13.1. The van der Waals surface area contributed by atoms with E-state index in [2.05, 4.69) is 25.9 Å². The van der Waals surface area contributed by atoms with Gasteiger partial charge in [-0.3, -0.25) is 4.79 Å². The van der Waals surface area contributed by atoms with Gasteiger partial charge in [-0.15, -0.1) is 0 Å². The molecule has 116 valence electrons. The number of likely N-dealkylation sites (tertiary alicyclic amines) is 1. The second kappa shape index (κ2) is 5.76. The van der Waals surface area contributed by atoms with Crippen LogP contribution in [0.4, 0.5) is 4.39 Å². The molecule has 4 heteroatoms. The third kappa shape index (κ3) is 3.10. The molecule has 2 unspecified atom stereocenters. The molecule has 2 atom stereocenters. The minimum atomic E-state index is -0.630. The first-order valence-corrected chi connectivity index (χ1v) is 7.45. The van der Waals surface area contributed by atoms with Crippen molar-refractivity contribution in [3.8, 4) is 0 Å². The number of rotatable bonds is 3. The molecular weight excluding hydrogens is 267 g/mol. The van der Waals surface area contributed by atoms with Gasteiger partial charge in [-0.2, -0.15) is 0 Å². The Kier molecular flexibility index (Phi) is 4.38. The fourth-order valence-corrected chi connectivity index (χ4v) is 3.17. The average Bonchev–Trinajstić information content (AvgIpc) is 2.80. The van der Waals surface area contributed by atoms with E-state index in [1.165, 1.54) is 12.1 Å². The number of carbonyl (C=O) groups excluding carboxylic acids is 1. The number of nitrogens with zero attached hydrogens (tertiary/aromatic N) is 2. The summed E-state index contributed by atoms with van der Waals surface area (Å²) in [5, 5.41) is 0. The minimum absolute atomic E-state index is 0.116. The van der Waals surface area contributed by atoms with E-state index in [0.717, 1.165) is 18.7 Å². The topological polar surface area (TPSA) is 23.6 Å². The van der Waals surface area contributed by atoms with E-state index in [-0.39, 0.29) is 11.7 Å². The molecule has 0 N–H and O–H groups in total. The van der Waals surface area contributed by atoms with Crippen molar-refractivity contribution in [1.82, 2.24) is 9.80 Å². The van der Waals surface area contributed by atoms with Gasteiger partial charge < -0.3 is 9.80 Å². The average molecular weight is 292 g/mol. The zero-order chi connectivity index (χ0) is 15.8. The fourth-order valence-electron chi connectivity index (χ4n) is 3.17. The summed E-state index contributed by atoms with van der Waals surface area (Å²) in [6, 6.07) is 6.64. The van der Waals surface area contributed by atoms with Crippen molar-refractivity contribution in [2.45, 2.75) is 32.2 Å². The Morgan fingerprint density at radius 3 is 2.29 bits per heavy atom. The minimum Gasteiger partial charge on any atom is -0.340 e. The van der Waals surface area contributed by atoms with E-state index < -0.39 is 5.41 Å². The summed E-state index contributed by atoms with van der Waals surface area (Å²) in [5.74, 6) is 0.308. The standard InChI is InChI=1S/C17H25FN2O/c1-12-10-20(11-15(12)19(4)5)16(21)17(2,3)13-6-8-14(18)9-7-13/h6-9,12,15H,10-11H2,1-5H3. The number of hydrogen-bond donors (Lipinski definition) is 0. The molecule has 1 aliphatic heterocycles. The van der Waals surface area contributed by atoms with E-state index in [0.29, 0.717) is 12.0 Å². The monoisotopic (exact) mass is 292 g/mol. The van der Waals surface area contributed by atoms with Gasteiger partial charge in [0.15, 0.2) is 0 Å². The summed E-state index contributed by atoms with van der Waals surface area (Å²) in [7, 11) is 4.11. The molecule has 0 saturated carbocycles. The molecule has 2 rings (SSSR count). The lowest BCUT2D eigenvalue weighted by atomic mass is 9.83. The molecule has 21 heavy (non-hydrogen) atoms. The van der Waals surface area contributed by atoms with Crippen molar-refractivity contribution in [2.75, 3.05) is 27.2 Å². The van der Waals surface area contributed by atoms with Gasteiger partial charge in [0.25, 0.3) is 0 Å². The molecule has 1 aromatic carbocycles. The molecular formula is C17H25FN2O. The molecule has 1 aliphatic rings. The molecule has 3 nitrogen and oxygen atoms in total. The highest BCUT2D eigenvalue weighted by molar-refractivity contribution is 5.87. The zero-order valence-electron chi connectivity index (χ0n) is 13.6. The van der Waals surface area contributed by atoms with Gasteiger partial charge in [0.2, 0.25) is 5.91 Å². The van der Waals surface area contributed by atoms with E-state index in [9.17, 15) is 9.18 Å². The van der Waals surface area contributed by atoms with Crippen LogP contribution >= 0.6 is 0 Å². The van der Waals surface area contributed by atoms with Crippen molar-refractivity contribution in [2.24, 2.45) is 5.92 Å². The van der Waals surface area contributed by atoms with Crippen LogP contribution in [0.15, 0.2) is 24.3 Å². The van der Waals surface area contributed by atoms with Gasteiger partial charge >= 0.3 is 0 Å². The first-order valence-electron chi connectivity index (χ1n) is 7.45. The number of carbonyl (C=O) groups is 1. The number of hydrogen-bond acceptors (Lipinski definition) is 2. The van der Waals surface area contributed by atoms with Crippen LogP contribution < -0.4 is 0 Å². The predicted octanol–water partition coefficient (Wildman–Crippen LogP) is 2.51. The summed E-state index contributed by atoms with van der Waals surface area (Å²) in [4.78, 5) is 17.0. The lowest BCUT2D eigenvalue weighted by molar-refractivity contribution is -0.135. The predicted molar refractivity (Wildman–Crippen MR) is 82.6 cm³/mol. The molecule has 0 bridgehead atoms. The molecule has 1 aromatic rings. The Bertz CT molecular complexity index is 510. The highest BCUT2D eigenvalue weighted by atomic mass is 19.1. The zero-order valence-corrected chi connectivity index (χ0v) is 13.6. The second-order valence-electron chi connectivity index (χ2n) is 6.85. The molecule has 1 amide bonds. The van der Waals surface area contributed by atoms with Crippen LogP contribution in [-0.4, -0.2) is 48.9 Å². The van der Waals surface area contributed by atoms with E-state index >= 15 is 0 Å². The van der Waals surface area contributed by atoms with Gasteiger partial charge in [0.1, 0.15) is 5.82 Å². The molecule has 0 aliphatic carbocycles. The molecule has 1 saturated heterocycles. The Balaban J connectivity index is 2.17. The quantitative estimate of drug-likeness (QED) is 0.854. The number of halogens is 1. The van der Waals surface area contributed by atoms with Crippen LogP contribution in [0.3, 0.4) is 0 Å². The third-order valence-electron chi connectivity index (χ3n) is 4.62. The van der Waals surface area contributed by atoms with Crippen LogP contribution in [0.5, 0.6) is 0 Å². The van der Waals surface area contributed by atoms with Crippen molar-refractivity contribution in [3.63, 3.8) is 0 Å². The van der Waals surface area contributed by atoms with Crippen LogP contribution in [0, 0.1) is 11.7 Å². The summed E-state index contributed by atoms with van der Waals surface area (Å²) in [6.45, 7) is 7.55. The second-order valence-corrected chi connectivity index (χ2v) is 6.85. The van der Waals surface area contributed by atoms with Crippen molar-refractivity contribution >= 4 is 5.91 Å². The largest absolute Gasteiger partial charge is 0.340 e. The third-order valence-corrected chi connectivity index (χ3v) is 4.62. The number of benzene rings is 1. The maximum absolute atomic E-state index is 13.1. The Hall–Kier alpha value is -1.42. The fraction of sp³-hybridized carbons (Fsp3) is 0.588. The molecule has 1 fully saturated rings. The van der Waals surface area contributed by atoms with Gasteiger partial charge in [0, 0.05) is 19.1 Å². The maximum atomic E-state index is 13.1. The van der Waals surface area contributed by atoms with E-state index in [4.69, 9.17) is 0 Å². The summed E-state index contributed by atoms with van der Waals surface area (Å²) in [5.41, 5.74) is 0.226. The summed E-state index contributed by atoms with van der Waals surface area (Å²) >= 11 is 0. The Labute approximate surface area is 126 Å². The van der Waals surface area contributed by atoms with E-state index in [1.807, 2.05) is 18.7 Å². The highest BCUT2D eigenvalue weighted by Crippen LogP contribution is 2.29. The van der Waals surface area contributed by atoms with Gasteiger partial charge in [-0.05, 0) is 51.6 Å². The maximum Gasteiger partial charge on any atom is 0.232 e. The van der Waals surface area contributed by atoms with Gasteiger partial charge in [-0.1, -0.05) is 19.1 Å². The van der Waals surface area contributed by atoms with Crippen LogP contribution in [0.25, 0.3) is 0 Å². The molecule has 0 spiro atoms. The SMILES string of the molecule is CC1CN(C(=O)C(C)(C)c2ccc(F)cc2)CC1N(C)C. The molecule has 0 radical (unpaired) electrons. The number of amides is 1. The van der Waals surface area contributed by atoms with Gasteiger partial charge in [0.05, 0.1) is 5.41 Å². The smallest absolute Gasteiger partial charge is 0.232 e. The lowest BCUT2D eigenvalue weighted by Crippen LogP contribution is -2.43. The first-order chi connectivity index (χ1) is 9.73.